The van der Waals surface area contributed by atoms with Crippen LogP contribution in [-0.4, -0.2) is 41.4 Å². The molecule has 0 radical (unpaired) electrons. The number of rotatable bonds is 4. The number of aromatic nitrogens is 1. The van der Waals surface area contributed by atoms with Gasteiger partial charge in [-0.2, -0.15) is 0 Å². The first-order chi connectivity index (χ1) is 10.1. The Labute approximate surface area is 123 Å². The summed E-state index contributed by atoms with van der Waals surface area (Å²) in [5.74, 6) is -0.0804. The van der Waals surface area contributed by atoms with Crippen molar-refractivity contribution in [3.63, 3.8) is 0 Å². The predicted molar refractivity (Wildman–Crippen MR) is 80.1 cm³/mol. The van der Waals surface area contributed by atoms with Crippen LogP contribution in [0.2, 0.25) is 0 Å². The zero-order chi connectivity index (χ0) is 14.9. The summed E-state index contributed by atoms with van der Waals surface area (Å²) in [5.41, 5.74) is 2.15. The summed E-state index contributed by atoms with van der Waals surface area (Å²) in [6.45, 7) is 3.06. The second kappa shape index (κ2) is 5.50. The van der Waals surface area contributed by atoms with E-state index < -0.39 is 5.60 Å². The predicted octanol–water partition coefficient (Wildman–Crippen LogP) is 1.29. The van der Waals surface area contributed by atoms with E-state index in [1.54, 1.807) is 0 Å². The molecule has 112 valence electrons. The van der Waals surface area contributed by atoms with Crippen LogP contribution in [0, 0.1) is 6.92 Å². The van der Waals surface area contributed by atoms with Crippen LogP contribution in [-0.2, 0) is 16.0 Å². The average Bonchev–Trinajstić information content (AvgIpc) is 3.03. The Bertz CT molecular complexity index is 657. The summed E-state index contributed by atoms with van der Waals surface area (Å²) in [6.07, 6.45) is 0.881. The molecule has 1 aliphatic rings. The molecule has 1 unspecified atom stereocenters. The number of benzene rings is 1. The molecule has 0 aliphatic carbocycles. The van der Waals surface area contributed by atoms with Gasteiger partial charge in [0.15, 0.2) is 0 Å². The fraction of sp³-hybridized carbons (Fsp3) is 0.438. The molecule has 2 heterocycles. The van der Waals surface area contributed by atoms with E-state index in [-0.39, 0.29) is 12.5 Å². The molecule has 0 bridgehead atoms. The fourth-order valence-corrected chi connectivity index (χ4v) is 2.78. The summed E-state index contributed by atoms with van der Waals surface area (Å²) in [7, 11) is 0. The SMILES string of the molecule is Cc1[nH]c2ccccc2c1CC(=O)NCC1(O)CCOC1. The van der Waals surface area contributed by atoms with Crippen molar-refractivity contribution in [2.45, 2.75) is 25.4 Å². The number of aliphatic hydroxyl groups is 1. The van der Waals surface area contributed by atoms with Crippen LogP contribution in [0.3, 0.4) is 0 Å². The van der Waals surface area contributed by atoms with Crippen LogP contribution in [0.4, 0.5) is 0 Å². The van der Waals surface area contributed by atoms with Gasteiger partial charge in [0, 0.05) is 36.2 Å². The van der Waals surface area contributed by atoms with Gasteiger partial charge in [-0.05, 0) is 18.6 Å². The topological polar surface area (TPSA) is 74.4 Å². The number of nitrogens with one attached hydrogen (secondary N) is 2. The Hall–Kier alpha value is -1.85. The van der Waals surface area contributed by atoms with Gasteiger partial charge < -0.3 is 20.1 Å². The summed E-state index contributed by atoms with van der Waals surface area (Å²) in [4.78, 5) is 15.4. The highest BCUT2D eigenvalue weighted by Crippen LogP contribution is 2.22. The van der Waals surface area contributed by atoms with Gasteiger partial charge in [0.25, 0.3) is 0 Å². The minimum Gasteiger partial charge on any atom is -0.386 e. The lowest BCUT2D eigenvalue weighted by Gasteiger charge is -2.20. The third-order valence-electron chi connectivity index (χ3n) is 4.06. The van der Waals surface area contributed by atoms with Gasteiger partial charge in [0.2, 0.25) is 5.91 Å². The lowest BCUT2D eigenvalue weighted by atomic mass is 10.0. The van der Waals surface area contributed by atoms with Gasteiger partial charge in [-0.3, -0.25) is 4.79 Å². The van der Waals surface area contributed by atoms with Gasteiger partial charge in [0.1, 0.15) is 5.60 Å². The molecule has 1 aromatic heterocycles. The molecule has 0 saturated carbocycles. The molecule has 1 aliphatic heterocycles. The molecule has 3 rings (SSSR count). The van der Waals surface area contributed by atoms with E-state index in [1.165, 1.54) is 0 Å². The monoisotopic (exact) mass is 288 g/mol. The maximum Gasteiger partial charge on any atom is 0.224 e. The van der Waals surface area contributed by atoms with Gasteiger partial charge in [-0.25, -0.2) is 0 Å². The number of fused-ring (bicyclic) bond motifs is 1. The number of ether oxygens (including phenoxy) is 1. The van der Waals surface area contributed by atoms with Crippen LogP contribution in [0.15, 0.2) is 24.3 Å². The zero-order valence-electron chi connectivity index (χ0n) is 12.1. The lowest BCUT2D eigenvalue weighted by Crippen LogP contribution is -2.43. The van der Waals surface area contributed by atoms with Crippen molar-refractivity contribution in [2.24, 2.45) is 0 Å². The molecule has 1 saturated heterocycles. The summed E-state index contributed by atoms with van der Waals surface area (Å²) < 4.78 is 5.17. The first-order valence-electron chi connectivity index (χ1n) is 7.20. The first kappa shape index (κ1) is 14.1. The summed E-state index contributed by atoms with van der Waals surface area (Å²) in [6, 6.07) is 7.95. The third-order valence-corrected chi connectivity index (χ3v) is 4.06. The van der Waals surface area contributed by atoms with E-state index in [2.05, 4.69) is 10.3 Å². The Morgan fingerprint density at radius 1 is 1.48 bits per heavy atom. The molecular weight excluding hydrogens is 268 g/mol. The van der Waals surface area contributed by atoms with Crippen molar-refractivity contribution in [1.29, 1.82) is 0 Å². The van der Waals surface area contributed by atoms with Crippen LogP contribution in [0.1, 0.15) is 17.7 Å². The van der Waals surface area contributed by atoms with Crippen LogP contribution in [0.25, 0.3) is 10.9 Å². The maximum absolute atomic E-state index is 12.1. The Morgan fingerprint density at radius 3 is 3.05 bits per heavy atom. The van der Waals surface area contributed by atoms with E-state index in [9.17, 15) is 9.90 Å². The van der Waals surface area contributed by atoms with Crippen LogP contribution in [0.5, 0.6) is 0 Å². The van der Waals surface area contributed by atoms with E-state index in [0.29, 0.717) is 26.1 Å². The number of para-hydroxylation sites is 1. The van der Waals surface area contributed by atoms with Crippen molar-refractivity contribution >= 4 is 16.8 Å². The van der Waals surface area contributed by atoms with Gasteiger partial charge in [-0.15, -0.1) is 0 Å². The number of carbonyl (C=O) groups excluding carboxylic acids is 1. The molecule has 5 heteroatoms. The quantitative estimate of drug-likeness (QED) is 0.793. The number of hydrogen-bond acceptors (Lipinski definition) is 3. The maximum atomic E-state index is 12.1. The molecule has 5 nitrogen and oxygen atoms in total. The molecule has 3 N–H and O–H groups in total. The molecular formula is C16H20N2O3. The second-order valence-electron chi connectivity index (χ2n) is 5.75. The molecule has 1 aromatic carbocycles. The smallest absolute Gasteiger partial charge is 0.224 e. The number of carbonyl (C=O) groups is 1. The molecule has 21 heavy (non-hydrogen) atoms. The van der Waals surface area contributed by atoms with Crippen molar-refractivity contribution in [3.05, 3.63) is 35.5 Å². The Balaban J connectivity index is 1.67. The fourth-order valence-electron chi connectivity index (χ4n) is 2.78. The van der Waals surface area contributed by atoms with E-state index in [0.717, 1.165) is 22.2 Å². The van der Waals surface area contributed by atoms with E-state index in [4.69, 9.17) is 4.74 Å². The highest BCUT2D eigenvalue weighted by atomic mass is 16.5. The van der Waals surface area contributed by atoms with Gasteiger partial charge in [0.05, 0.1) is 13.0 Å². The number of aromatic amines is 1. The number of aryl methyl sites for hydroxylation is 1. The normalized spacial score (nSPS) is 21.8. The van der Waals surface area contributed by atoms with Crippen molar-refractivity contribution in [2.75, 3.05) is 19.8 Å². The molecule has 2 aromatic rings. The molecule has 1 atom stereocenters. The van der Waals surface area contributed by atoms with E-state index in [1.807, 2.05) is 31.2 Å². The van der Waals surface area contributed by atoms with Gasteiger partial charge in [-0.1, -0.05) is 18.2 Å². The van der Waals surface area contributed by atoms with Crippen LogP contribution < -0.4 is 5.32 Å². The highest BCUT2D eigenvalue weighted by molar-refractivity contribution is 5.90. The number of hydrogen-bond donors (Lipinski definition) is 3. The van der Waals surface area contributed by atoms with Crippen molar-refractivity contribution in [1.82, 2.24) is 10.3 Å². The minimum absolute atomic E-state index is 0.0804. The van der Waals surface area contributed by atoms with Gasteiger partial charge >= 0.3 is 0 Å². The Morgan fingerprint density at radius 2 is 2.29 bits per heavy atom. The average molecular weight is 288 g/mol. The Kier molecular flexibility index (Phi) is 3.69. The molecule has 0 spiro atoms. The van der Waals surface area contributed by atoms with Crippen molar-refractivity contribution in [3.8, 4) is 0 Å². The molecule has 1 fully saturated rings. The summed E-state index contributed by atoms with van der Waals surface area (Å²) >= 11 is 0. The summed E-state index contributed by atoms with van der Waals surface area (Å²) in [5, 5.41) is 14.0. The van der Waals surface area contributed by atoms with Crippen LogP contribution >= 0.6 is 0 Å². The standard InChI is InChI=1S/C16H20N2O3/c1-11-13(12-4-2-3-5-14(12)18-11)8-15(19)17-9-16(20)6-7-21-10-16/h2-5,18,20H,6-10H2,1H3,(H,17,19). The number of H-pyrrole nitrogens is 1. The van der Waals surface area contributed by atoms with E-state index >= 15 is 0 Å². The lowest BCUT2D eigenvalue weighted by molar-refractivity contribution is -0.121. The minimum atomic E-state index is -0.912. The van der Waals surface area contributed by atoms with Crippen molar-refractivity contribution < 1.29 is 14.6 Å². The first-order valence-corrected chi connectivity index (χ1v) is 7.20. The zero-order valence-corrected chi connectivity index (χ0v) is 12.1. The largest absolute Gasteiger partial charge is 0.386 e. The third kappa shape index (κ3) is 2.94. The second-order valence-corrected chi connectivity index (χ2v) is 5.75. The number of amides is 1. The highest BCUT2D eigenvalue weighted by Gasteiger charge is 2.32. The molecule has 1 amide bonds.